The molecule has 2 aromatic heterocycles. The predicted molar refractivity (Wildman–Crippen MR) is 108 cm³/mol. The molecular weight excluding hydrogens is 445 g/mol. The second-order valence-electron chi connectivity index (χ2n) is 6.68. The average molecular weight is 464 g/mol. The number of alkyl halides is 3. The van der Waals surface area contributed by atoms with Crippen LogP contribution in [-0.2, 0) is 24.5 Å². The summed E-state index contributed by atoms with van der Waals surface area (Å²) >= 11 is 0. The highest BCUT2D eigenvalue weighted by atomic mass is 19.4. The van der Waals surface area contributed by atoms with Gasteiger partial charge in [-0.05, 0) is 18.2 Å². The van der Waals surface area contributed by atoms with Crippen molar-refractivity contribution in [1.82, 2.24) is 24.9 Å². The summed E-state index contributed by atoms with van der Waals surface area (Å²) < 4.78 is 39.2. The lowest BCUT2D eigenvalue weighted by atomic mass is 10.2. The van der Waals surface area contributed by atoms with Crippen LogP contribution in [0.1, 0.15) is 11.4 Å². The summed E-state index contributed by atoms with van der Waals surface area (Å²) in [5.74, 6) is -2.23. The van der Waals surface area contributed by atoms with E-state index < -0.39 is 12.1 Å². The van der Waals surface area contributed by atoms with Gasteiger partial charge in [0, 0.05) is 24.5 Å². The number of aromatic nitrogens is 4. The molecule has 0 saturated carbocycles. The van der Waals surface area contributed by atoms with E-state index in [9.17, 15) is 18.0 Å². The number of fused-ring (bicyclic) bond motifs is 1. The number of hydrogen-bond donors (Lipinski definition) is 2. The largest absolute Gasteiger partial charge is 0.490 e. The highest BCUT2D eigenvalue weighted by Crippen LogP contribution is 2.18. The Morgan fingerprint density at radius 2 is 1.79 bits per heavy atom. The molecule has 33 heavy (non-hydrogen) atoms. The van der Waals surface area contributed by atoms with Crippen molar-refractivity contribution >= 4 is 17.7 Å². The van der Waals surface area contributed by atoms with Crippen LogP contribution in [0.3, 0.4) is 0 Å². The van der Waals surface area contributed by atoms with E-state index in [2.05, 4.69) is 20.6 Å². The van der Waals surface area contributed by atoms with Gasteiger partial charge in [0.15, 0.2) is 0 Å². The number of nitrogens with one attached hydrogen (secondary N) is 1. The minimum atomic E-state index is -5.08. The van der Waals surface area contributed by atoms with Crippen LogP contribution in [0.5, 0.6) is 5.88 Å². The zero-order valence-corrected chi connectivity index (χ0v) is 17.1. The number of para-hydroxylation sites is 1. The normalized spacial score (nSPS) is 12.8. The summed E-state index contributed by atoms with van der Waals surface area (Å²) in [7, 11) is 0. The number of halogens is 3. The molecule has 13 heteroatoms. The molecule has 0 aliphatic carbocycles. The molecule has 2 N–H and O–H groups in total. The van der Waals surface area contributed by atoms with Crippen LogP contribution in [0.15, 0.2) is 54.7 Å². The summed E-state index contributed by atoms with van der Waals surface area (Å²) in [6, 6.07) is 14.7. The van der Waals surface area contributed by atoms with E-state index in [1.807, 2.05) is 47.1 Å². The van der Waals surface area contributed by atoms with E-state index in [-0.39, 0.29) is 12.6 Å². The summed E-state index contributed by atoms with van der Waals surface area (Å²) in [5.41, 5.74) is 2.37. The van der Waals surface area contributed by atoms with Gasteiger partial charge in [0.25, 0.3) is 0 Å². The third-order valence-corrected chi connectivity index (χ3v) is 4.39. The van der Waals surface area contributed by atoms with Gasteiger partial charge in [-0.25, -0.2) is 19.3 Å². The summed E-state index contributed by atoms with van der Waals surface area (Å²) in [4.78, 5) is 27.3. The maximum absolute atomic E-state index is 12.5. The molecular formula is C20H19F3N6O4. The lowest BCUT2D eigenvalue weighted by Crippen LogP contribution is -2.41. The van der Waals surface area contributed by atoms with Gasteiger partial charge in [-0.1, -0.05) is 29.5 Å². The Morgan fingerprint density at radius 1 is 1.09 bits per heavy atom. The number of carbonyl (C=O) groups excluding carboxylic acids is 1. The number of nitrogens with zero attached hydrogens (tertiary/aromatic N) is 5. The van der Waals surface area contributed by atoms with E-state index in [0.717, 1.165) is 11.4 Å². The number of urea groups is 1. The highest BCUT2D eigenvalue weighted by Gasteiger charge is 2.38. The quantitative estimate of drug-likeness (QED) is 0.609. The van der Waals surface area contributed by atoms with Crippen LogP contribution in [0.4, 0.5) is 23.7 Å². The van der Waals surface area contributed by atoms with Crippen LogP contribution in [0, 0.1) is 0 Å². The van der Waals surface area contributed by atoms with Crippen molar-refractivity contribution < 1.29 is 32.6 Å². The lowest BCUT2D eigenvalue weighted by molar-refractivity contribution is -0.192. The first kappa shape index (κ1) is 23.5. The number of amides is 2. The molecule has 0 atom stereocenters. The number of anilines is 1. The fourth-order valence-corrected chi connectivity index (χ4v) is 2.78. The molecule has 0 fully saturated rings. The number of ether oxygens (including phenoxy) is 1. The van der Waals surface area contributed by atoms with E-state index in [1.165, 1.54) is 0 Å². The van der Waals surface area contributed by atoms with E-state index >= 15 is 0 Å². The van der Waals surface area contributed by atoms with Gasteiger partial charge in [-0.3, -0.25) is 0 Å². The number of hydrogen-bond acceptors (Lipinski definition) is 6. The molecule has 3 heterocycles. The van der Waals surface area contributed by atoms with Crippen LogP contribution in [0.25, 0.3) is 0 Å². The number of carbonyl (C=O) groups is 2. The molecule has 2 amide bonds. The number of carboxylic acid groups (broad SMARTS) is 1. The molecule has 0 spiro atoms. The fraction of sp³-hybridized carbons (Fsp3) is 0.250. The van der Waals surface area contributed by atoms with Crippen molar-refractivity contribution in [2.45, 2.75) is 25.9 Å². The monoisotopic (exact) mass is 464 g/mol. The predicted octanol–water partition coefficient (Wildman–Crippen LogP) is 2.93. The molecule has 10 nitrogen and oxygen atoms in total. The van der Waals surface area contributed by atoms with Gasteiger partial charge >= 0.3 is 18.2 Å². The van der Waals surface area contributed by atoms with E-state index in [0.29, 0.717) is 31.2 Å². The van der Waals surface area contributed by atoms with Gasteiger partial charge in [0.1, 0.15) is 12.3 Å². The van der Waals surface area contributed by atoms with Crippen LogP contribution >= 0.6 is 0 Å². The minimum absolute atomic E-state index is 0.139. The number of rotatable bonds is 4. The Balaban J connectivity index is 0.000000383. The van der Waals surface area contributed by atoms with Crippen LogP contribution in [0.2, 0.25) is 0 Å². The van der Waals surface area contributed by atoms with Gasteiger partial charge < -0.3 is 20.1 Å². The van der Waals surface area contributed by atoms with Gasteiger partial charge in [0.2, 0.25) is 5.88 Å². The van der Waals surface area contributed by atoms with E-state index in [1.54, 1.807) is 17.2 Å². The first-order valence-electron chi connectivity index (χ1n) is 9.60. The maximum atomic E-state index is 12.5. The second-order valence-corrected chi connectivity index (χ2v) is 6.68. The van der Waals surface area contributed by atoms with Crippen molar-refractivity contribution in [2.24, 2.45) is 0 Å². The molecule has 0 unspecified atom stereocenters. The molecule has 1 aliphatic rings. The zero-order valence-electron chi connectivity index (χ0n) is 17.1. The van der Waals surface area contributed by atoms with Crippen molar-refractivity contribution in [3.8, 4) is 5.88 Å². The third kappa shape index (κ3) is 6.66. The molecule has 4 rings (SSSR count). The van der Waals surface area contributed by atoms with Gasteiger partial charge in [-0.15, -0.1) is 5.10 Å². The Morgan fingerprint density at radius 3 is 2.42 bits per heavy atom. The molecule has 0 saturated heterocycles. The average Bonchev–Trinajstić information content (AvgIpc) is 3.21. The topological polar surface area (TPSA) is 122 Å². The Kier molecular flexibility index (Phi) is 7.43. The first-order valence-corrected chi connectivity index (χ1v) is 9.60. The number of aliphatic carboxylic acids is 1. The molecule has 174 valence electrons. The summed E-state index contributed by atoms with van der Waals surface area (Å²) in [5, 5.41) is 18.4. The van der Waals surface area contributed by atoms with Crippen molar-refractivity contribution in [2.75, 3.05) is 11.9 Å². The third-order valence-electron chi connectivity index (χ3n) is 4.39. The molecule has 3 aromatic rings. The van der Waals surface area contributed by atoms with Crippen molar-refractivity contribution in [3.05, 3.63) is 66.1 Å². The standard InChI is InChI=1S/C18H18N6O2.C2HF3O2/c25-18(20-14-6-2-1-3-7-14)23-10-11-24-16(12-23)15(21-22-24)13-26-17-8-4-5-9-19-17;3-2(4,5)1(6)7/h1-9H,10-13H2,(H,20,25);(H,6,7). The number of benzene rings is 1. The number of carboxylic acids is 1. The molecule has 0 bridgehead atoms. The molecule has 1 aliphatic heterocycles. The van der Waals surface area contributed by atoms with Crippen LogP contribution in [-0.4, -0.2) is 54.7 Å². The Bertz CT molecular complexity index is 1080. The molecule has 0 radical (unpaired) electrons. The minimum Gasteiger partial charge on any atom is -0.475 e. The number of pyridine rings is 1. The van der Waals surface area contributed by atoms with Crippen LogP contribution < -0.4 is 10.1 Å². The Labute approximate surface area is 185 Å². The SMILES string of the molecule is O=C(Nc1ccccc1)N1CCn2nnc(COc3ccccn3)c2C1.O=C(O)C(F)(F)F. The van der Waals surface area contributed by atoms with Gasteiger partial charge in [-0.2, -0.15) is 13.2 Å². The zero-order chi connectivity index (χ0) is 23.8. The first-order chi connectivity index (χ1) is 15.7. The van der Waals surface area contributed by atoms with Crippen molar-refractivity contribution in [3.63, 3.8) is 0 Å². The summed E-state index contributed by atoms with van der Waals surface area (Å²) in [6.07, 6.45) is -3.41. The van der Waals surface area contributed by atoms with Gasteiger partial charge in [0.05, 0.1) is 18.8 Å². The Hall–Kier alpha value is -4.16. The second kappa shape index (κ2) is 10.4. The highest BCUT2D eigenvalue weighted by molar-refractivity contribution is 5.89. The van der Waals surface area contributed by atoms with E-state index in [4.69, 9.17) is 14.6 Å². The maximum Gasteiger partial charge on any atom is 0.490 e. The summed E-state index contributed by atoms with van der Waals surface area (Å²) in [6.45, 7) is 1.89. The smallest absolute Gasteiger partial charge is 0.475 e. The van der Waals surface area contributed by atoms with Crippen molar-refractivity contribution in [1.29, 1.82) is 0 Å². The fourth-order valence-electron chi connectivity index (χ4n) is 2.78. The molecule has 1 aromatic carbocycles. The lowest BCUT2D eigenvalue weighted by Gasteiger charge is -2.27.